The van der Waals surface area contributed by atoms with Gasteiger partial charge in [-0.15, -0.1) is 0 Å². The van der Waals surface area contributed by atoms with E-state index in [1.165, 1.54) is 18.6 Å². The molecule has 4 nitrogen and oxygen atoms in total. The zero-order valence-corrected chi connectivity index (χ0v) is 10.7. The predicted molar refractivity (Wildman–Crippen MR) is 65.8 cm³/mol. The summed E-state index contributed by atoms with van der Waals surface area (Å²) in [5.74, 6) is 4.54. The molecule has 2 unspecified atom stereocenters. The molecule has 16 heavy (non-hydrogen) atoms. The zero-order chi connectivity index (χ0) is 11.4. The quantitative estimate of drug-likeness (QED) is 0.871. The van der Waals surface area contributed by atoms with E-state index >= 15 is 0 Å². The van der Waals surface area contributed by atoms with Crippen molar-refractivity contribution >= 4 is 11.8 Å². The van der Waals surface area contributed by atoms with Crippen molar-refractivity contribution in [1.82, 2.24) is 15.5 Å². The number of likely N-dealkylation sites (N-methyl/N-ethyl adjacent to an activating group) is 1. The third kappa shape index (κ3) is 2.98. The van der Waals surface area contributed by atoms with Crippen molar-refractivity contribution in [2.24, 2.45) is 0 Å². The van der Waals surface area contributed by atoms with Crippen molar-refractivity contribution in [3.05, 3.63) is 11.7 Å². The molecular formula is C11H19N3OS. The number of thioether (sulfide) groups is 1. The molecule has 1 aliphatic heterocycles. The molecule has 1 aromatic rings. The number of nitrogens with zero attached hydrogens (tertiary/aromatic N) is 2. The van der Waals surface area contributed by atoms with Gasteiger partial charge in [0, 0.05) is 24.1 Å². The van der Waals surface area contributed by atoms with Crippen molar-refractivity contribution in [2.75, 3.05) is 18.6 Å². The van der Waals surface area contributed by atoms with E-state index in [-0.39, 0.29) is 0 Å². The molecule has 2 atom stereocenters. The van der Waals surface area contributed by atoms with Gasteiger partial charge in [-0.2, -0.15) is 16.7 Å². The fraction of sp³-hybridized carbons (Fsp3) is 0.818. The smallest absolute Gasteiger partial charge is 0.230 e. The Bertz CT molecular complexity index is 323. The summed E-state index contributed by atoms with van der Waals surface area (Å²) in [6.07, 6.45) is 3.29. The van der Waals surface area contributed by atoms with Gasteiger partial charge < -0.3 is 9.84 Å². The van der Waals surface area contributed by atoms with E-state index in [0.717, 1.165) is 23.9 Å². The molecule has 0 saturated carbocycles. The van der Waals surface area contributed by atoms with Crippen molar-refractivity contribution < 1.29 is 4.52 Å². The molecule has 5 heteroatoms. The maximum atomic E-state index is 5.35. The zero-order valence-electron chi connectivity index (χ0n) is 9.90. The molecular weight excluding hydrogens is 222 g/mol. The fourth-order valence-corrected chi connectivity index (χ4v) is 2.96. The Labute approximate surface area is 101 Å². The van der Waals surface area contributed by atoms with Crippen LogP contribution in [0.15, 0.2) is 4.52 Å². The first-order valence-corrected chi connectivity index (χ1v) is 7.02. The first kappa shape index (κ1) is 11.9. The number of hydrogen-bond donors (Lipinski definition) is 1. The van der Waals surface area contributed by atoms with Gasteiger partial charge in [-0.05, 0) is 32.6 Å². The lowest BCUT2D eigenvalue weighted by Crippen LogP contribution is -2.24. The highest BCUT2D eigenvalue weighted by Crippen LogP contribution is 2.30. The van der Waals surface area contributed by atoms with E-state index in [2.05, 4.69) is 22.4 Å². The van der Waals surface area contributed by atoms with E-state index < -0.39 is 0 Å². The highest BCUT2D eigenvalue weighted by atomic mass is 32.2. The number of hydrogen-bond acceptors (Lipinski definition) is 5. The van der Waals surface area contributed by atoms with Gasteiger partial charge in [-0.25, -0.2) is 0 Å². The van der Waals surface area contributed by atoms with Gasteiger partial charge in [0.05, 0.1) is 0 Å². The Morgan fingerprint density at radius 2 is 2.50 bits per heavy atom. The molecule has 0 aromatic carbocycles. The first-order valence-electron chi connectivity index (χ1n) is 5.87. The maximum Gasteiger partial charge on any atom is 0.230 e. The van der Waals surface area contributed by atoms with Gasteiger partial charge in [-0.3, -0.25) is 0 Å². The average Bonchev–Trinajstić information content (AvgIpc) is 2.78. The molecule has 1 aliphatic rings. The number of nitrogens with one attached hydrogen (secondary N) is 1. The third-order valence-corrected chi connectivity index (χ3v) is 4.19. The van der Waals surface area contributed by atoms with E-state index in [4.69, 9.17) is 4.52 Å². The Morgan fingerprint density at radius 3 is 3.19 bits per heavy atom. The minimum Gasteiger partial charge on any atom is -0.339 e. The third-order valence-electron chi connectivity index (χ3n) is 2.97. The molecule has 1 aromatic heterocycles. The van der Waals surface area contributed by atoms with Crippen LogP contribution < -0.4 is 5.32 Å². The minimum absolute atomic E-state index is 0.395. The summed E-state index contributed by atoms with van der Waals surface area (Å²) >= 11 is 1.99. The minimum atomic E-state index is 0.395. The van der Waals surface area contributed by atoms with Crippen LogP contribution in [0, 0.1) is 0 Å². The van der Waals surface area contributed by atoms with Crippen LogP contribution in [0.2, 0.25) is 0 Å². The van der Waals surface area contributed by atoms with Gasteiger partial charge in [0.25, 0.3) is 0 Å². The predicted octanol–water partition coefficient (Wildman–Crippen LogP) is 1.83. The summed E-state index contributed by atoms with van der Waals surface area (Å²) in [7, 11) is 1.95. The van der Waals surface area contributed by atoms with Crippen LogP contribution in [0.1, 0.15) is 37.4 Å². The van der Waals surface area contributed by atoms with Gasteiger partial charge in [0.2, 0.25) is 5.89 Å². The molecule has 2 heterocycles. The first-order chi connectivity index (χ1) is 7.79. The lowest BCUT2D eigenvalue weighted by molar-refractivity contribution is 0.348. The molecule has 0 radical (unpaired) electrons. The molecule has 1 N–H and O–H groups in total. The lowest BCUT2D eigenvalue weighted by atomic mass is 10.1. The SMILES string of the molecule is CNC(C)Cc1noc(C2CCCSC2)n1. The van der Waals surface area contributed by atoms with E-state index in [1.807, 2.05) is 18.8 Å². The van der Waals surface area contributed by atoms with Crippen molar-refractivity contribution in [1.29, 1.82) is 0 Å². The highest BCUT2D eigenvalue weighted by Gasteiger charge is 2.22. The second-order valence-electron chi connectivity index (χ2n) is 4.36. The Hall–Kier alpha value is -0.550. The van der Waals surface area contributed by atoms with Crippen molar-refractivity contribution in [3.8, 4) is 0 Å². The maximum absolute atomic E-state index is 5.35. The second-order valence-corrected chi connectivity index (χ2v) is 5.51. The number of rotatable bonds is 4. The molecule has 90 valence electrons. The standard InChI is InChI=1S/C11H19N3OS/c1-8(12-2)6-10-13-11(15-14-10)9-4-3-5-16-7-9/h8-9,12H,3-7H2,1-2H3. The van der Waals surface area contributed by atoms with Crippen LogP contribution in [-0.4, -0.2) is 34.7 Å². The molecule has 0 amide bonds. The summed E-state index contributed by atoms with van der Waals surface area (Å²) in [4.78, 5) is 4.49. The summed E-state index contributed by atoms with van der Waals surface area (Å²) in [5.41, 5.74) is 0. The van der Waals surface area contributed by atoms with Gasteiger partial charge in [0.1, 0.15) is 0 Å². The van der Waals surface area contributed by atoms with Crippen LogP contribution in [0.4, 0.5) is 0 Å². The highest BCUT2D eigenvalue weighted by molar-refractivity contribution is 7.99. The van der Waals surface area contributed by atoms with E-state index in [1.54, 1.807) is 0 Å². The average molecular weight is 241 g/mol. The fourth-order valence-electron chi connectivity index (χ4n) is 1.83. The van der Waals surface area contributed by atoms with Crippen LogP contribution >= 0.6 is 11.8 Å². The molecule has 0 spiro atoms. The summed E-state index contributed by atoms with van der Waals surface area (Å²) < 4.78 is 5.35. The number of aromatic nitrogens is 2. The Kier molecular flexibility index (Phi) is 4.23. The van der Waals surface area contributed by atoms with Crippen LogP contribution in [-0.2, 0) is 6.42 Å². The Morgan fingerprint density at radius 1 is 1.62 bits per heavy atom. The molecule has 1 fully saturated rings. The summed E-state index contributed by atoms with van der Waals surface area (Å²) in [5, 5.41) is 7.22. The van der Waals surface area contributed by atoms with E-state index in [9.17, 15) is 0 Å². The van der Waals surface area contributed by atoms with Crippen LogP contribution in [0.5, 0.6) is 0 Å². The van der Waals surface area contributed by atoms with Gasteiger partial charge in [0.15, 0.2) is 5.82 Å². The molecule has 0 aliphatic carbocycles. The topological polar surface area (TPSA) is 51.0 Å². The van der Waals surface area contributed by atoms with Crippen LogP contribution in [0.25, 0.3) is 0 Å². The second kappa shape index (κ2) is 5.68. The van der Waals surface area contributed by atoms with Crippen molar-refractivity contribution in [2.45, 2.75) is 38.1 Å². The molecule has 1 saturated heterocycles. The summed E-state index contributed by atoms with van der Waals surface area (Å²) in [6, 6.07) is 0.395. The Balaban J connectivity index is 1.95. The molecule has 2 rings (SSSR count). The van der Waals surface area contributed by atoms with Crippen LogP contribution in [0.3, 0.4) is 0 Å². The van der Waals surface area contributed by atoms with Gasteiger partial charge >= 0.3 is 0 Å². The normalized spacial score (nSPS) is 23.2. The summed E-state index contributed by atoms with van der Waals surface area (Å²) in [6.45, 7) is 2.12. The monoisotopic (exact) mass is 241 g/mol. The van der Waals surface area contributed by atoms with Crippen molar-refractivity contribution in [3.63, 3.8) is 0 Å². The van der Waals surface area contributed by atoms with Gasteiger partial charge in [-0.1, -0.05) is 5.16 Å². The lowest BCUT2D eigenvalue weighted by Gasteiger charge is -2.16. The largest absolute Gasteiger partial charge is 0.339 e. The van der Waals surface area contributed by atoms with E-state index in [0.29, 0.717) is 12.0 Å². The molecule has 0 bridgehead atoms.